The van der Waals surface area contributed by atoms with Crippen LogP contribution in [0.5, 0.6) is 0 Å². The zero-order valence-electron chi connectivity index (χ0n) is 9.63. The van der Waals surface area contributed by atoms with Crippen molar-refractivity contribution in [2.45, 2.75) is 38.1 Å². The number of unbranched alkanes of at least 4 members (excludes halogenated alkanes) is 1. The molecule has 0 aliphatic heterocycles. The van der Waals surface area contributed by atoms with Crippen molar-refractivity contribution in [3.8, 4) is 0 Å². The van der Waals surface area contributed by atoms with E-state index in [1.807, 2.05) is 6.92 Å². The van der Waals surface area contributed by atoms with Gasteiger partial charge >= 0.3 is 5.97 Å². The fraction of sp³-hybridized carbons (Fsp3) is 0.900. The van der Waals surface area contributed by atoms with Crippen molar-refractivity contribution < 1.29 is 29.6 Å². The van der Waals surface area contributed by atoms with Gasteiger partial charge in [0.1, 0.15) is 12.2 Å². The van der Waals surface area contributed by atoms with Gasteiger partial charge in [0.25, 0.3) is 0 Å². The summed E-state index contributed by atoms with van der Waals surface area (Å²) in [5.41, 5.74) is 0. The number of hydrogen-bond donors (Lipinski definition) is 3. The SMILES string of the molecule is CCCCOC(CO)[C@H](O)C(OC)C(=O)O. The van der Waals surface area contributed by atoms with Gasteiger partial charge in [-0.15, -0.1) is 0 Å². The predicted octanol–water partition coefficient (Wildman–Crippen LogP) is -0.375. The lowest BCUT2D eigenvalue weighted by atomic mass is 10.1. The molecule has 2 unspecified atom stereocenters. The van der Waals surface area contributed by atoms with Crippen LogP contribution >= 0.6 is 0 Å². The van der Waals surface area contributed by atoms with Gasteiger partial charge in [0.15, 0.2) is 6.10 Å². The number of aliphatic hydroxyl groups is 2. The molecule has 6 nitrogen and oxygen atoms in total. The van der Waals surface area contributed by atoms with E-state index in [0.29, 0.717) is 6.61 Å². The number of methoxy groups -OCH3 is 1. The summed E-state index contributed by atoms with van der Waals surface area (Å²) in [6.45, 7) is 1.90. The first-order valence-electron chi connectivity index (χ1n) is 5.24. The minimum Gasteiger partial charge on any atom is -0.479 e. The molecule has 3 N–H and O–H groups in total. The Bertz CT molecular complexity index is 196. The van der Waals surface area contributed by atoms with Gasteiger partial charge in [-0.05, 0) is 6.42 Å². The fourth-order valence-electron chi connectivity index (χ4n) is 1.22. The maximum Gasteiger partial charge on any atom is 0.335 e. The second-order valence-electron chi connectivity index (χ2n) is 3.43. The number of aliphatic hydroxyl groups excluding tert-OH is 2. The Morgan fingerprint density at radius 2 is 2.06 bits per heavy atom. The van der Waals surface area contributed by atoms with Crippen molar-refractivity contribution in [2.75, 3.05) is 20.3 Å². The van der Waals surface area contributed by atoms with E-state index in [4.69, 9.17) is 14.9 Å². The van der Waals surface area contributed by atoms with E-state index in [1.54, 1.807) is 0 Å². The Labute approximate surface area is 94.8 Å². The van der Waals surface area contributed by atoms with Crippen LogP contribution in [-0.4, -0.2) is 59.9 Å². The van der Waals surface area contributed by atoms with Crippen LogP contribution in [0.25, 0.3) is 0 Å². The van der Waals surface area contributed by atoms with Crippen LogP contribution in [0.3, 0.4) is 0 Å². The first kappa shape index (κ1) is 15.3. The molecule has 0 aromatic carbocycles. The Balaban J connectivity index is 4.26. The highest BCUT2D eigenvalue weighted by atomic mass is 16.5. The zero-order valence-corrected chi connectivity index (χ0v) is 9.63. The second-order valence-corrected chi connectivity index (χ2v) is 3.43. The Kier molecular flexibility index (Phi) is 8.10. The molecule has 0 aliphatic rings. The number of carboxylic acids is 1. The number of carboxylic acid groups (broad SMARTS) is 1. The van der Waals surface area contributed by atoms with Crippen LogP contribution in [0.4, 0.5) is 0 Å². The van der Waals surface area contributed by atoms with Gasteiger partial charge in [0, 0.05) is 13.7 Å². The Hall–Kier alpha value is -0.690. The molecule has 16 heavy (non-hydrogen) atoms. The van der Waals surface area contributed by atoms with E-state index in [1.165, 1.54) is 7.11 Å². The van der Waals surface area contributed by atoms with Gasteiger partial charge in [-0.2, -0.15) is 0 Å². The standard InChI is InChI=1S/C10H20O6/c1-3-4-5-16-7(6-11)8(12)9(15-2)10(13)14/h7-9,11-12H,3-6H2,1-2H3,(H,13,14)/t7?,8-,9?/m0/s1. The third-order valence-electron chi connectivity index (χ3n) is 2.20. The molecule has 0 saturated carbocycles. The van der Waals surface area contributed by atoms with Crippen molar-refractivity contribution in [3.05, 3.63) is 0 Å². The molecule has 0 amide bonds. The van der Waals surface area contributed by atoms with E-state index in [9.17, 15) is 9.90 Å². The van der Waals surface area contributed by atoms with Crippen molar-refractivity contribution in [2.24, 2.45) is 0 Å². The van der Waals surface area contributed by atoms with Crippen molar-refractivity contribution in [1.29, 1.82) is 0 Å². The normalized spacial score (nSPS) is 16.8. The summed E-state index contributed by atoms with van der Waals surface area (Å²) in [6.07, 6.45) is -2.01. The molecule has 0 spiro atoms. The van der Waals surface area contributed by atoms with Crippen molar-refractivity contribution in [3.63, 3.8) is 0 Å². The Morgan fingerprint density at radius 3 is 2.44 bits per heavy atom. The number of rotatable bonds is 9. The van der Waals surface area contributed by atoms with E-state index in [2.05, 4.69) is 4.74 Å². The molecule has 96 valence electrons. The molecular weight excluding hydrogens is 216 g/mol. The summed E-state index contributed by atoms with van der Waals surface area (Å²) in [6, 6.07) is 0. The van der Waals surface area contributed by atoms with E-state index >= 15 is 0 Å². The molecule has 0 bridgehead atoms. The molecule has 6 heteroatoms. The maximum absolute atomic E-state index is 10.7. The lowest BCUT2D eigenvalue weighted by molar-refractivity contribution is -0.167. The van der Waals surface area contributed by atoms with Gasteiger partial charge in [0.05, 0.1) is 6.61 Å². The smallest absolute Gasteiger partial charge is 0.335 e. The highest BCUT2D eigenvalue weighted by Crippen LogP contribution is 2.08. The molecule has 0 radical (unpaired) electrons. The summed E-state index contributed by atoms with van der Waals surface area (Å²) >= 11 is 0. The Morgan fingerprint density at radius 1 is 1.44 bits per heavy atom. The van der Waals surface area contributed by atoms with Crippen LogP contribution in [0.2, 0.25) is 0 Å². The van der Waals surface area contributed by atoms with Crippen molar-refractivity contribution >= 4 is 5.97 Å². The quantitative estimate of drug-likeness (QED) is 0.472. The summed E-state index contributed by atoms with van der Waals surface area (Å²) in [4.78, 5) is 10.7. The highest BCUT2D eigenvalue weighted by Gasteiger charge is 2.33. The van der Waals surface area contributed by atoms with Crippen molar-refractivity contribution in [1.82, 2.24) is 0 Å². The lowest BCUT2D eigenvalue weighted by Crippen LogP contribution is -2.46. The van der Waals surface area contributed by atoms with Gasteiger partial charge in [-0.3, -0.25) is 0 Å². The third kappa shape index (κ3) is 4.89. The summed E-state index contributed by atoms with van der Waals surface area (Å²) < 4.78 is 9.81. The molecule has 0 rings (SSSR count). The summed E-state index contributed by atoms with van der Waals surface area (Å²) in [5.74, 6) is -1.28. The molecule has 0 aromatic heterocycles. The largest absolute Gasteiger partial charge is 0.479 e. The number of hydrogen-bond acceptors (Lipinski definition) is 5. The topological polar surface area (TPSA) is 96.2 Å². The molecule has 0 aromatic rings. The molecule has 0 saturated heterocycles. The molecule has 3 atom stereocenters. The van der Waals surface area contributed by atoms with E-state index < -0.39 is 30.9 Å². The third-order valence-corrected chi connectivity index (χ3v) is 2.20. The number of aliphatic carboxylic acids is 1. The van der Waals surface area contributed by atoms with Crippen LogP contribution in [-0.2, 0) is 14.3 Å². The fourth-order valence-corrected chi connectivity index (χ4v) is 1.22. The van der Waals surface area contributed by atoms with Gasteiger partial charge in [-0.25, -0.2) is 4.79 Å². The first-order valence-corrected chi connectivity index (χ1v) is 5.24. The van der Waals surface area contributed by atoms with Crippen LogP contribution < -0.4 is 0 Å². The molecule has 0 aliphatic carbocycles. The van der Waals surface area contributed by atoms with E-state index in [0.717, 1.165) is 12.8 Å². The lowest BCUT2D eigenvalue weighted by Gasteiger charge is -2.25. The maximum atomic E-state index is 10.7. The predicted molar refractivity (Wildman–Crippen MR) is 56.2 cm³/mol. The minimum atomic E-state index is -1.39. The van der Waals surface area contributed by atoms with Crippen LogP contribution in [0.1, 0.15) is 19.8 Å². The minimum absolute atomic E-state index is 0.370. The van der Waals surface area contributed by atoms with Crippen LogP contribution in [0.15, 0.2) is 0 Å². The van der Waals surface area contributed by atoms with Crippen LogP contribution in [0, 0.1) is 0 Å². The number of carbonyl (C=O) groups is 1. The molecule has 0 fully saturated rings. The molecular formula is C10H20O6. The van der Waals surface area contributed by atoms with Gasteiger partial charge in [-0.1, -0.05) is 13.3 Å². The van der Waals surface area contributed by atoms with Gasteiger partial charge in [0.2, 0.25) is 0 Å². The summed E-state index contributed by atoms with van der Waals surface area (Å²) in [7, 11) is 1.18. The highest BCUT2D eigenvalue weighted by molar-refractivity contribution is 5.73. The van der Waals surface area contributed by atoms with E-state index in [-0.39, 0.29) is 0 Å². The monoisotopic (exact) mass is 236 g/mol. The summed E-state index contributed by atoms with van der Waals surface area (Å²) in [5, 5.41) is 27.4. The average Bonchev–Trinajstić information content (AvgIpc) is 2.24. The zero-order chi connectivity index (χ0) is 12.6. The second kappa shape index (κ2) is 8.46. The first-order chi connectivity index (χ1) is 7.58. The average molecular weight is 236 g/mol. The van der Waals surface area contributed by atoms with Gasteiger partial charge < -0.3 is 24.8 Å². The number of ether oxygens (including phenoxy) is 2. The molecule has 0 heterocycles.